The predicted molar refractivity (Wildman–Crippen MR) is 162 cm³/mol. The molecule has 11 nitrogen and oxygen atoms in total. The van der Waals surface area contributed by atoms with Gasteiger partial charge in [0.25, 0.3) is 0 Å². The van der Waals surface area contributed by atoms with Crippen molar-refractivity contribution in [1.29, 1.82) is 10.5 Å². The molecule has 1 aliphatic heterocycles. The van der Waals surface area contributed by atoms with Gasteiger partial charge in [0.05, 0.1) is 33.9 Å². The Hall–Kier alpha value is -4.81. The van der Waals surface area contributed by atoms with Gasteiger partial charge < -0.3 is 24.6 Å². The van der Waals surface area contributed by atoms with Crippen LogP contribution in [0.15, 0.2) is 47.5 Å². The zero-order chi connectivity index (χ0) is 31.1. The maximum atomic E-state index is 13.1. The fourth-order valence-electron chi connectivity index (χ4n) is 4.31. The average molecular weight is 600 g/mol. The van der Waals surface area contributed by atoms with Crippen LogP contribution in [0.25, 0.3) is 0 Å². The number of ether oxygens (including phenoxy) is 2. The summed E-state index contributed by atoms with van der Waals surface area (Å²) >= 11 is 1.26. The molecule has 12 heteroatoms. The number of benzene rings is 2. The lowest BCUT2D eigenvalue weighted by atomic mass is 10.1. The van der Waals surface area contributed by atoms with E-state index in [-0.39, 0.29) is 29.6 Å². The van der Waals surface area contributed by atoms with E-state index in [2.05, 4.69) is 27.4 Å². The van der Waals surface area contributed by atoms with E-state index in [4.69, 9.17) is 14.7 Å². The number of aromatic nitrogens is 2. The highest BCUT2D eigenvalue weighted by atomic mass is 32.2. The molecule has 1 aliphatic rings. The van der Waals surface area contributed by atoms with Crippen LogP contribution in [0.2, 0.25) is 0 Å². The first-order valence-corrected chi connectivity index (χ1v) is 14.7. The third kappa shape index (κ3) is 8.37. The molecular formula is C31H33N7O4S. The number of rotatable bonds is 7. The number of hydrogen-bond acceptors (Lipinski definition) is 10. The first-order chi connectivity index (χ1) is 20.5. The first-order valence-electron chi connectivity index (χ1n) is 13.7. The van der Waals surface area contributed by atoms with Crippen LogP contribution in [0, 0.1) is 36.5 Å². The fraction of sp³-hybridized carbons (Fsp3) is 0.355. The molecule has 0 atom stereocenters. The Labute approximate surface area is 255 Å². The second kappa shape index (κ2) is 13.4. The Morgan fingerprint density at radius 1 is 0.977 bits per heavy atom. The monoisotopic (exact) mass is 599 g/mol. The normalized spacial score (nSPS) is 13.1. The smallest absolute Gasteiger partial charge is 0.410 e. The van der Waals surface area contributed by atoms with Gasteiger partial charge >= 0.3 is 6.09 Å². The number of nitriles is 2. The Kier molecular flexibility index (Phi) is 9.73. The molecule has 4 rings (SSSR count). The number of hydrogen-bond donors (Lipinski definition) is 1. The van der Waals surface area contributed by atoms with Crippen LogP contribution in [0.3, 0.4) is 0 Å². The van der Waals surface area contributed by atoms with Gasteiger partial charge in [0.1, 0.15) is 11.4 Å². The molecule has 0 spiro atoms. The molecular weight excluding hydrogens is 566 g/mol. The van der Waals surface area contributed by atoms with Gasteiger partial charge in [-0.05, 0) is 82.1 Å². The summed E-state index contributed by atoms with van der Waals surface area (Å²) in [5, 5.41) is 21.5. The molecule has 3 aromatic rings. The van der Waals surface area contributed by atoms with Crippen LogP contribution in [0.5, 0.6) is 11.6 Å². The molecule has 1 fully saturated rings. The van der Waals surface area contributed by atoms with Crippen molar-refractivity contribution in [2.45, 2.75) is 45.1 Å². The third-order valence-corrected chi connectivity index (χ3v) is 7.40. The van der Waals surface area contributed by atoms with Crippen molar-refractivity contribution in [3.63, 3.8) is 0 Å². The summed E-state index contributed by atoms with van der Waals surface area (Å²) in [5.74, 6) is 1.14. The molecule has 222 valence electrons. The molecule has 1 aromatic heterocycles. The largest absolute Gasteiger partial charge is 0.444 e. The minimum atomic E-state index is -0.579. The van der Waals surface area contributed by atoms with Crippen molar-refractivity contribution in [1.82, 2.24) is 19.8 Å². The van der Waals surface area contributed by atoms with E-state index >= 15 is 0 Å². The second-order valence-electron chi connectivity index (χ2n) is 11.0. The number of carbonyl (C=O) groups excluding carboxylic acids is 2. The molecule has 1 N–H and O–H groups in total. The number of aryl methyl sites for hydroxylation is 2. The van der Waals surface area contributed by atoms with E-state index in [0.717, 1.165) is 11.1 Å². The van der Waals surface area contributed by atoms with Crippen LogP contribution in [-0.4, -0.2) is 69.3 Å². The Morgan fingerprint density at radius 3 is 2.16 bits per heavy atom. The lowest BCUT2D eigenvalue weighted by Crippen LogP contribution is -2.52. The summed E-state index contributed by atoms with van der Waals surface area (Å²) < 4.78 is 11.7. The number of amides is 2. The summed E-state index contributed by atoms with van der Waals surface area (Å²) in [5.41, 5.74) is 2.71. The maximum Gasteiger partial charge on any atom is 0.410 e. The number of carbonyl (C=O) groups is 2. The molecule has 2 heterocycles. The number of piperazine rings is 1. The standard InChI is InChI=1S/C31H33N7O4S/c1-20-14-23(17-33)15-21(2)27(20)41-28-25(18-34-29(36-28)35-24-8-6-22(16-32)7-9-24)43-19-26(39)37-10-12-38(13-11-37)30(40)42-31(3,4)5/h6-9,14-15,18H,10-13,19H2,1-5H3,(H,34,35,36). The van der Waals surface area contributed by atoms with Crippen molar-refractivity contribution >= 4 is 35.4 Å². The van der Waals surface area contributed by atoms with E-state index in [1.165, 1.54) is 11.8 Å². The SMILES string of the molecule is Cc1cc(C#N)cc(C)c1Oc1nc(Nc2ccc(C#N)cc2)ncc1SCC(=O)N1CCN(C(=O)OC(C)(C)C)CC1. The van der Waals surface area contributed by atoms with Crippen LogP contribution in [0.1, 0.15) is 43.0 Å². The molecule has 0 unspecified atom stereocenters. The second-order valence-corrected chi connectivity index (χ2v) is 12.0. The van der Waals surface area contributed by atoms with Gasteiger partial charge in [0.2, 0.25) is 17.7 Å². The molecule has 2 amide bonds. The lowest BCUT2D eigenvalue weighted by molar-refractivity contribution is -0.130. The van der Waals surface area contributed by atoms with Gasteiger partial charge in [-0.1, -0.05) is 0 Å². The van der Waals surface area contributed by atoms with E-state index in [1.807, 2.05) is 34.6 Å². The van der Waals surface area contributed by atoms with Crippen LogP contribution >= 0.6 is 11.8 Å². The van der Waals surface area contributed by atoms with E-state index < -0.39 is 5.60 Å². The molecule has 43 heavy (non-hydrogen) atoms. The van der Waals surface area contributed by atoms with Gasteiger partial charge in [-0.25, -0.2) is 9.78 Å². The minimum Gasteiger partial charge on any atom is -0.444 e. The summed E-state index contributed by atoms with van der Waals surface area (Å²) in [6.45, 7) is 10.8. The van der Waals surface area contributed by atoms with Crippen LogP contribution in [-0.2, 0) is 9.53 Å². The van der Waals surface area contributed by atoms with Gasteiger partial charge in [0, 0.05) is 38.1 Å². The van der Waals surface area contributed by atoms with Gasteiger partial charge in [-0.15, -0.1) is 11.8 Å². The van der Waals surface area contributed by atoms with Gasteiger partial charge in [-0.2, -0.15) is 15.5 Å². The summed E-state index contributed by atoms with van der Waals surface area (Å²) in [7, 11) is 0. The third-order valence-electron chi connectivity index (χ3n) is 6.42. The maximum absolute atomic E-state index is 13.1. The predicted octanol–water partition coefficient (Wildman–Crippen LogP) is 5.54. The quantitative estimate of drug-likeness (QED) is 0.343. The highest BCUT2D eigenvalue weighted by Crippen LogP contribution is 2.35. The summed E-state index contributed by atoms with van der Waals surface area (Å²) in [6.07, 6.45) is 1.22. The zero-order valence-corrected chi connectivity index (χ0v) is 25.6. The molecule has 1 saturated heterocycles. The zero-order valence-electron chi connectivity index (χ0n) is 24.8. The number of nitrogens with one attached hydrogen (secondary N) is 1. The van der Waals surface area contributed by atoms with Gasteiger partial charge in [0.15, 0.2) is 0 Å². The fourth-order valence-corrected chi connectivity index (χ4v) is 5.11. The Balaban J connectivity index is 1.49. The number of thioether (sulfide) groups is 1. The highest BCUT2D eigenvalue weighted by Gasteiger charge is 2.28. The van der Waals surface area contributed by atoms with E-state index in [1.54, 1.807) is 52.4 Å². The summed E-state index contributed by atoms with van der Waals surface area (Å²) in [4.78, 5) is 38.4. The van der Waals surface area contributed by atoms with Crippen molar-refractivity contribution in [3.8, 4) is 23.8 Å². The molecule has 0 saturated carbocycles. The van der Waals surface area contributed by atoms with E-state index in [9.17, 15) is 14.9 Å². The Morgan fingerprint density at radius 2 is 1.58 bits per heavy atom. The van der Waals surface area contributed by atoms with Crippen molar-refractivity contribution in [3.05, 3.63) is 64.8 Å². The van der Waals surface area contributed by atoms with Gasteiger partial charge in [-0.3, -0.25) is 4.79 Å². The number of anilines is 2. The molecule has 0 radical (unpaired) electrons. The van der Waals surface area contributed by atoms with E-state index in [0.29, 0.717) is 53.6 Å². The van der Waals surface area contributed by atoms with Crippen molar-refractivity contribution < 1.29 is 19.1 Å². The number of nitrogens with zero attached hydrogens (tertiary/aromatic N) is 6. The van der Waals surface area contributed by atoms with Crippen LogP contribution < -0.4 is 10.1 Å². The average Bonchev–Trinajstić information content (AvgIpc) is 2.97. The van der Waals surface area contributed by atoms with Crippen molar-refractivity contribution in [2.24, 2.45) is 0 Å². The Bertz CT molecular complexity index is 1560. The molecule has 0 bridgehead atoms. The lowest BCUT2D eigenvalue weighted by Gasteiger charge is -2.35. The minimum absolute atomic E-state index is 0.0784. The summed E-state index contributed by atoms with van der Waals surface area (Å²) in [6, 6.07) is 14.6. The van der Waals surface area contributed by atoms with Crippen LogP contribution in [0.4, 0.5) is 16.4 Å². The van der Waals surface area contributed by atoms with Crippen molar-refractivity contribution in [2.75, 3.05) is 37.2 Å². The first kappa shape index (κ1) is 31.1. The highest BCUT2D eigenvalue weighted by molar-refractivity contribution is 8.00. The topological polar surface area (TPSA) is 144 Å². The molecule has 0 aliphatic carbocycles. The molecule has 2 aromatic carbocycles.